The van der Waals surface area contributed by atoms with E-state index in [2.05, 4.69) is 61.5 Å². The first-order chi connectivity index (χ1) is 9.38. The van der Waals surface area contributed by atoms with Crippen molar-refractivity contribution in [3.8, 4) is 0 Å². The number of allylic oxidation sites excluding steroid dienone is 4. The molecule has 0 bridgehead atoms. The van der Waals surface area contributed by atoms with Crippen LogP contribution in [0.15, 0.2) is 59.4 Å². The maximum absolute atomic E-state index is 3.44. The molecule has 0 amide bonds. The maximum Gasteiger partial charge on any atom is 4.00 e. The molecule has 0 radical (unpaired) electrons. The van der Waals surface area contributed by atoms with Crippen molar-refractivity contribution in [1.82, 2.24) is 0 Å². The Hall–Kier alpha value is -0.686. The molecule has 4 heteroatoms. The summed E-state index contributed by atoms with van der Waals surface area (Å²) in [4.78, 5) is 0. The van der Waals surface area contributed by atoms with Gasteiger partial charge in [-0.05, 0) is 6.16 Å². The van der Waals surface area contributed by atoms with Crippen molar-refractivity contribution in [2.24, 2.45) is 0 Å². The number of hydrogen-bond acceptors (Lipinski definition) is 0. The van der Waals surface area contributed by atoms with Crippen molar-refractivity contribution in [2.75, 3.05) is 12.3 Å². The second-order valence-electron chi connectivity index (χ2n) is 5.04. The quantitative estimate of drug-likeness (QED) is 0.388. The summed E-state index contributed by atoms with van der Waals surface area (Å²) in [6.07, 6.45) is 11.1. The average Bonchev–Trinajstić information content (AvgIpc) is 3.03. The first kappa shape index (κ1) is 21.3. The molecule has 0 spiro atoms. The minimum atomic E-state index is 0. The Morgan fingerprint density at radius 2 is 1.95 bits per heavy atom. The topological polar surface area (TPSA) is 0 Å². The average molecular weight is 352 g/mol. The Morgan fingerprint density at radius 1 is 1.18 bits per heavy atom. The molecule has 0 nitrogen and oxygen atoms in total. The van der Waals surface area contributed by atoms with Crippen LogP contribution in [-0.2, 0) is 21.7 Å². The van der Waals surface area contributed by atoms with Gasteiger partial charge in [-0.25, -0.2) is 0 Å². The zero-order valence-corrected chi connectivity index (χ0v) is 15.1. The Balaban J connectivity index is 0.000000354. The molecule has 1 aliphatic heterocycles. The molecule has 1 atom stereocenters. The third kappa shape index (κ3) is 4.65. The fourth-order valence-electron chi connectivity index (χ4n) is 2.66. The minimum absolute atomic E-state index is 0. The van der Waals surface area contributed by atoms with Gasteiger partial charge >= 0.3 is 21.7 Å². The molecule has 1 heterocycles. The standard InChI is InChI=1S/C9H12P.C9H7.2FH.Ti/c1-2-6-10-7-8-4-3-5-9(8)10;1-2-5-9-7-3-6-8(9)4-1;;;/h4H,2-3,6-7H2,1H3;1-7H;2*1H;/q2*-1;;;+4/p-2. The third-order valence-electron chi connectivity index (χ3n) is 3.64. The second-order valence-corrected chi connectivity index (χ2v) is 7.33. The fraction of sp³-hybridized carbons (Fsp3) is 0.278. The van der Waals surface area contributed by atoms with Crippen LogP contribution in [0.25, 0.3) is 10.8 Å². The van der Waals surface area contributed by atoms with Gasteiger partial charge in [0.1, 0.15) is 0 Å². The predicted octanol–water partition coefficient (Wildman–Crippen LogP) is -0.527. The molecule has 22 heavy (non-hydrogen) atoms. The minimum Gasteiger partial charge on any atom is -1.00 e. The van der Waals surface area contributed by atoms with Gasteiger partial charge in [-0.3, -0.25) is 6.08 Å². The Kier molecular flexibility index (Phi) is 9.84. The van der Waals surface area contributed by atoms with E-state index in [9.17, 15) is 0 Å². The maximum atomic E-state index is 3.44. The van der Waals surface area contributed by atoms with Gasteiger partial charge in [0.25, 0.3) is 0 Å². The van der Waals surface area contributed by atoms with Crippen LogP contribution in [-0.4, -0.2) is 12.3 Å². The molecule has 4 rings (SSSR count). The van der Waals surface area contributed by atoms with E-state index in [4.69, 9.17) is 0 Å². The van der Waals surface area contributed by atoms with Crippen LogP contribution in [0.2, 0.25) is 0 Å². The monoisotopic (exact) mass is 352 g/mol. The Labute approximate surface area is 147 Å². The van der Waals surface area contributed by atoms with E-state index >= 15 is 0 Å². The van der Waals surface area contributed by atoms with E-state index < -0.39 is 0 Å². The second kappa shape index (κ2) is 10.2. The largest absolute Gasteiger partial charge is 4.00 e. The van der Waals surface area contributed by atoms with Crippen molar-refractivity contribution in [3.63, 3.8) is 0 Å². The number of rotatable bonds is 2. The van der Waals surface area contributed by atoms with E-state index in [0.29, 0.717) is 7.92 Å². The van der Waals surface area contributed by atoms with E-state index in [1.165, 1.54) is 29.5 Å². The molecular weight excluding hydrogens is 333 g/mol. The van der Waals surface area contributed by atoms with Gasteiger partial charge < -0.3 is 9.41 Å². The van der Waals surface area contributed by atoms with Crippen LogP contribution in [0, 0.1) is 6.08 Å². The van der Waals surface area contributed by atoms with Gasteiger partial charge in [0.2, 0.25) is 0 Å². The van der Waals surface area contributed by atoms with Crippen molar-refractivity contribution >= 4 is 18.7 Å². The number of halogens is 2. The summed E-state index contributed by atoms with van der Waals surface area (Å²) >= 11 is 0. The Bertz CT molecular complexity index is 601. The normalized spacial score (nSPS) is 17.2. The SMILES string of the molecule is CCCP1CC2=CC[C-]=C21.[F-].[F-].[Ti+4].c1ccc2[cH-]ccc2c1. The van der Waals surface area contributed by atoms with E-state index in [1.807, 2.05) is 0 Å². The van der Waals surface area contributed by atoms with Crippen LogP contribution < -0.4 is 9.41 Å². The predicted molar refractivity (Wildman–Crippen MR) is 85.9 cm³/mol. The molecule has 1 fully saturated rings. The number of hydrogen-bond donors (Lipinski definition) is 0. The smallest absolute Gasteiger partial charge is 1.00 e. The molecule has 0 aromatic heterocycles. The number of benzene rings is 1. The zero-order valence-electron chi connectivity index (χ0n) is 12.7. The zero-order chi connectivity index (χ0) is 13.1. The van der Waals surface area contributed by atoms with Crippen molar-refractivity contribution in [2.45, 2.75) is 19.8 Å². The summed E-state index contributed by atoms with van der Waals surface area (Å²) in [6, 6.07) is 14.7. The van der Waals surface area contributed by atoms with Crippen molar-refractivity contribution in [3.05, 3.63) is 65.5 Å². The molecule has 2 aliphatic rings. The van der Waals surface area contributed by atoms with Crippen molar-refractivity contribution < 1.29 is 31.1 Å². The summed E-state index contributed by atoms with van der Waals surface area (Å²) in [5.41, 5.74) is 1.62. The first-order valence-corrected chi connectivity index (χ1v) is 8.75. The molecule has 1 unspecified atom stereocenters. The van der Waals surface area contributed by atoms with Crippen LogP contribution in [0.1, 0.15) is 19.8 Å². The molecule has 1 saturated heterocycles. The molecule has 1 aliphatic carbocycles. The van der Waals surface area contributed by atoms with Gasteiger partial charge in [-0.2, -0.15) is 34.5 Å². The molecule has 2 aromatic carbocycles. The summed E-state index contributed by atoms with van der Waals surface area (Å²) in [5, 5.41) is 4.28. The van der Waals surface area contributed by atoms with Crippen molar-refractivity contribution in [1.29, 1.82) is 0 Å². The van der Waals surface area contributed by atoms with Crippen LogP contribution in [0.3, 0.4) is 0 Å². The molecule has 114 valence electrons. The summed E-state index contributed by atoms with van der Waals surface area (Å²) in [5.74, 6) is 0. The van der Waals surface area contributed by atoms with E-state index in [1.54, 1.807) is 10.9 Å². The third-order valence-corrected chi connectivity index (χ3v) is 6.43. The fourth-order valence-corrected chi connectivity index (χ4v) is 5.06. The van der Waals surface area contributed by atoms with Gasteiger partial charge in [0.05, 0.1) is 0 Å². The van der Waals surface area contributed by atoms with Crippen LogP contribution in [0.4, 0.5) is 0 Å². The van der Waals surface area contributed by atoms with Gasteiger partial charge in [-0.15, -0.1) is 44.0 Å². The molecule has 0 N–H and O–H groups in total. The Morgan fingerprint density at radius 3 is 2.64 bits per heavy atom. The van der Waals surface area contributed by atoms with Gasteiger partial charge in [0, 0.05) is 0 Å². The summed E-state index contributed by atoms with van der Waals surface area (Å²) in [7, 11) is 0.299. The summed E-state index contributed by atoms with van der Waals surface area (Å²) in [6.45, 7) is 2.28. The van der Waals surface area contributed by atoms with E-state index in [-0.39, 0.29) is 31.1 Å². The summed E-state index contributed by atoms with van der Waals surface area (Å²) < 4.78 is 0. The molecule has 0 saturated carbocycles. The molecular formula is C18H19F2PTi. The molecule has 2 aromatic rings. The van der Waals surface area contributed by atoms with E-state index in [0.717, 1.165) is 6.42 Å². The van der Waals surface area contributed by atoms with Crippen LogP contribution in [0.5, 0.6) is 0 Å². The first-order valence-electron chi connectivity index (χ1n) is 7.04. The van der Waals surface area contributed by atoms with Crippen LogP contribution >= 0.6 is 7.92 Å². The van der Waals surface area contributed by atoms with Gasteiger partial charge in [0.15, 0.2) is 0 Å². The van der Waals surface area contributed by atoms with Gasteiger partial charge in [-0.1, -0.05) is 25.6 Å². The number of fused-ring (bicyclic) bond motifs is 2.